The molecule has 0 heterocycles. The molecule has 0 fully saturated rings. The summed E-state index contributed by atoms with van der Waals surface area (Å²) in [6, 6.07) is 7.73. The molecule has 1 rings (SSSR count). The van der Waals surface area contributed by atoms with Crippen molar-refractivity contribution in [3.8, 4) is 11.5 Å². The van der Waals surface area contributed by atoms with E-state index in [9.17, 15) is 0 Å². The van der Waals surface area contributed by atoms with Crippen molar-refractivity contribution >= 4 is 12.4 Å². The Hall–Kier alpha value is -0.930. The summed E-state index contributed by atoms with van der Waals surface area (Å²) < 4.78 is 11.1. The maximum atomic E-state index is 5.62. The Bertz CT molecular complexity index is 305. The SMILES string of the molecule is CCCCOc1cccc(OCC(C)N)c1.Cl. The van der Waals surface area contributed by atoms with Gasteiger partial charge in [-0.1, -0.05) is 19.4 Å². The predicted octanol–water partition coefficient (Wildman–Crippen LogP) is 3.01. The first-order chi connectivity index (χ1) is 7.72. The van der Waals surface area contributed by atoms with Crippen molar-refractivity contribution in [2.45, 2.75) is 32.7 Å². The van der Waals surface area contributed by atoms with E-state index in [0.717, 1.165) is 30.9 Å². The van der Waals surface area contributed by atoms with Gasteiger partial charge in [0.25, 0.3) is 0 Å². The molecule has 1 aromatic rings. The van der Waals surface area contributed by atoms with Crippen LogP contribution in [-0.2, 0) is 0 Å². The van der Waals surface area contributed by atoms with E-state index in [1.807, 2.05) is 31.2 Å². The number of unbranched alkanes of at least 4 members (excludes halogenated alkanes) is 1. The molecule has 0 aliphatic rings. The number of hydrogen-bond acceptors (Lipinski definition) is 3. The molecule has 0 radical (unpaired) electrons. The van der Waals surface area contributed by atoms with Crippen LogP contribution in [-0.4, -0.2) is 19.3 Å². The molecule has 4 heteroatoms. The van der Waals surface area contributed by atoms with Crippen LogP contribution in [0.5, 0.6) is 11.5 Å². The van der Waals surface area contributed by atoms with Crippen molar-refractivity contribution in [1.29, 1.82) is 0 Å². The maximum Gasteiger partial charge on any atom is 0.123 e. The van der Waals surface area contributed by atoms with Crippen LogP contribution in [0.4, 0.5) is 0 Å². The quantitative estimate of drug-likeness (QED) is 0.766. The van der Waals surface area contributed by atoms with Crippen LogP contribution < -0.4 is 15.2 Å². The summed E-state index contributed by atoms with van der Waals surface area (Å²) in [6.45, 7) is 5.35. The number of hydrogen-bond donors (Lipinski definition) is 1. The predicted molar refractivity (Wildman–Crippen MR) is 73.2 cm³/mol. The van der Waals surface area contributed by atoms with Gasteiger partial charge in [0.05, 0.1) is 6.61 Å². The maximum absolute atomic E-state index is 5.62. The first-order valence-corrected chi connectivity index (χ1v) is 5.83. The molecule has 0 aromatic heterocycles. The largest absolute Gasteiger partial charge is 0.493 e. The van der Waals surface area contributed by atoms with Gasteiger partial charge in [0.15, 0.2) is 0 Å². The average molecular weight is 260 g/mol. The van der Waals surface area contributed by atoms with Crippen molar-refractivity contribution in [2.75, 3.05) is 13.2 Å². The van der Waals surface area contributed by atoms with E-state index < -0.39 is 0 Å². The normalized spacial score (nSPS) is 11.5. The van der Waals surface area contributed by atoms with Crippen molar-refractivity contribution in [3.05, 3.63) is 24.3 Å². The second kappa shape index (κ2) is 9.14. The van der Waals surface area contributed by atoms with E-state index in [0.29, 0.717) is 6.61 Å². The minimum atomic E-state index is 0. The number of ether oxygens (including phenoxy) is 2. The standard InChI is InChI=1S/C13H21NO2.ClH/c1-3-4-8-15-12-6-5-7-13(9-12)16-10-11(2)14;/h5-7,9,11H,3-4,8,10,14H2,1-2H3;1H. The van der Waals surface area contributed by atoms with E-state index in [-0.39, 0.29) is 18.4 Å². The second-order valence-corrected chi connectivity index (χ2v) is 3.97. The van der Waals surface area contributed by atoms with Crippen LogP contribution in [0.3, 0.4) is 0 Å². The Morgan fingerprint density at radius 1 is 1.24 bits per heavy atom. The fraction of sp³-hybridized carbons (Fsp3) is 0.538. The third-order valence-electron chi connectivity index (χ3n) is 2.09. The lowest BCUT2D eigenvalue weighted by atomic mass is 10.3. The minimum absolute atomic E-state index is 0. The smallest absolute Gasteiger partial charge is 0.123 e. The van der Waals surface area contributed by atoms with Crippen molar-refractivity contribution in [1.82, 2.24) is 0 Å². The Balaban J connectivity index is 0.00000256. The van der Waals surface area contributed by atoms with Crippen LogP contribution in [0.25, 0.3) is 0 Å². The molecule has 1 atom stereocenters. The number of halogens is 1. The van der Waals surface area contributed by atoms with Gasteiger partial charge in [-0.15, -0.1) is 12.4 Å². The molecular weight excluding hydrogens is 238 g/mol. The molecule has 0 amide bonds. The van der Waals surface area contributed by atoms with Crippen molar-refractivity contribution < 1.29 is 9.47 Å². The lowest BCUT2D eigenvalue weighted by Crippen LogP contribution is -2.23. The van der Waals surface area contributed by atoms with Gasteiger partial charge < -0.3 is 15.2 Å². The highest BCUT2D eigenvalue weighted by Crippen LogP contribution is 2.19. The first-order valence-electron chi connectivity index (χ1n) is 5.83. The molecule has 3 nitrogen and oxygen atoms in total. The minimum Gasteiger partial charge on any atom is -0.493 e. The van der Waals surface area contributed by atoms with Crippen molar-refractivity contribution in [3.63, 3.8) is 0 Å². The Labute approximate surface area is 110 Å². The van der Waals surface area contributed by atoms with Crippen LogP contribution in [0.15, 0.2) is 24.3 Å². The number of benzene rings is 1. The summed E-state index contributed by atoms with van der Waals surface area (Å²) in [6.07, 6.45) is 2.21. The number of rotatable bonds is 7. The average Bonchev–Trinajstić information content (AvgIpc) is 2.27. The van der Waals surface area contributed by atoms with E-state index in [1.54, 1.807) is 0 Å². The zero-order valence-electron chi connectivity index (χ0n) is 10.5. The van der Waals surface area contributed by atoms with Gasteiger partial charge in [0.2, 0.25) is 0 Å². The molecule has 0 aliphatic heterocycles. The summed E-state index contributed by atoms with van der Waals surface area (Å²) >= 11 is 0. The van der Waals surface area contributed by atoms with Crippen LogP contribution in [0.1, 0.15) is 26.7 Å². The molecule has 1 aromatic carbocycles. The molecule has 17 heavy (non-hydrogen) atoms. The van der Waals surface area contributed by atoms with E-state index in [2.05, 4.69) is 6.92 Å². The van der Waals surface area contributed by atoms with Gasteiger partial charge in [-0.25, -0.2) is 0 Å². The molecule has 1 unspecified atom stereocenters. The summed E-state index contributed by atoms with van der Waals surface area (Å²) in [7, 11) is 0. The topological polar surface area (TPSA) is 44.5 Å². The first kappa shape index (κ1) is 16.1. The van der Waals surface area contributed by atoms with Crippen molar-refractivity contribution in [2.24, 2.45) is 5.73 Å². The van der Waals surface area contributed by atoms with Gasteiger partial charge in [-0.05, 0) is 25.5 Å². The lowest BCUT2D eigenvalue weighted by Gasteiger charge is -2.10. The fourth-order valence-corrected chi connectivity index (χ4v) is 1.22. The van der Waals surface area contributed by atoms with E-state index >= 15 is 0 Å². The number of nitrogens with two attached hydrogens (primary N) is 1. The molecule has 2 N–H and O–H groups in total. The third-order valence-corrected chi connectivity index (χ3v) is 2.09. The highest BCUT2D eigenvalue weighted by Gasteiger charge is 1.99. The van der Waals surface area contributed by atoms with Gasteiger partial charge in [-0.3, -0.25) is 0 Å². The summed E-state index contributed by atoms with van der Waals surface area (Å²) in [5.74, 6) is 1.67. The molecule has 0 saturated heterocycles. The lowest BCUT2D eigenvalue weighted by molar-refractivity contribution is 0.286. The molecule has 98 valence electrons. The highest BCUT2D eigenvalue weighted by atomic mass is 35.5. The van der Waals surface area contributed by atoms with Gasteiger partial charge >= 0.3 is 0 Å². The summed E-state index contributed by atoms with van der Waals surface area (Å²) in [5, 5.41) is 0. The summed E-state index contributed by atoms with van der Waals surface area (Å²) in [4.78, 5) is 0. The Morgan fingerprint density at radius 2 is 1.88 bits per heavy atom. The third kappa shape index (κ3) is 7.08. The molecular formula is C13H22ClNO2. The Kier molecular flexibility index (Phi) is 8.64. The van der Waals surface area contributed by atoms with E-state index in [4.69, 9.17) is 15.2 Å². The van der Waals surface area contributed by atoms with E-state index in [1.165, 1.54) is 0 Å². The zero-order valence-corrected chi connectivity index (χ0v) is 11.3. The second-order valence-electron chi connectivity index (χ2n) is 3.97. The fourth-order valence-electron chi connectivity index (χ4n) is 1.22. The molecule has 0 aliphatic carbocycles. The molecule has 0 spiro atoms. The van der Waals surface area contributed by atoms with Gasteiger partial charge in [0.1, 0.15) is 18.1 Å². The van der Waals surface area contributed by atoms with Crippen LogP contribution in [0.2, 0.25) is 0 Å². The summed E-state index contributed by atoms with van der Waals surface area (Å²) in [5.41, 5.74) is 5.62. The zero-order chi connectivity index (χ0) is 11.8. The van der Waals surface area contributed by atoms with Gasteiger partial charge in [-0.2, -0.15) is 0 Å². The van der Waals surface area contributed by atoms with Crippen LogP contribution >= 0.6 is 12.4 Å². The molecule has 0 saturated carbocycles. The molecule has 0 bridgehead atoms. The van der Waals surface area contributed by atoms with Gasteiger partial charge in [0, 0.05) is 12.1 Å². The monoisotopic (exact) mass is 259 g/mol. The van der Waals surface area contributed by atoms with Crippen LogP contribution in [0, 0.1) is 0 Å². The Morgan fingerprint density at radius 3 is 2.47 bits per heavy atom. The highest BCUT2D eigenvalue weighted by molar-refractivity contribution is 5.85.